The molecule has 3 N–H and O–H groups in total. The van der Waals surface area contributed by atoms with E-state index in [0.29, 0.717) is 11.8 Å². The number of guanidine groups is 1. The molecule has 0 aromatic carbocycles. The van der Waals surface area contributed by atoms with Crippen molar-refractivity contribution in [2.75, 3.05) is 32.3 Å². The number of aromatic nitrogens is 2. The van der Waals surface area contributed by atoms with E-state index in [1.54, 1.807) is 19.3 Å². The predicted octanol–water partition coefficient (Wildman–Crippen LogP) is -0.444. The molecule has 0 bridgehead atoms. The van der Waals surface area contributed by atoms with Gasteiger partial charge in [0.1, 0.15) is 5.82 Å². The Morgan fingerprint density at radius 3 is 2.77 bits per heavy atom. The van der Waals surface area contributed by atoms with Crippen LogP contribution in [0.4, 0.5) is 5.82 Å². The number of rotatable bonds is 1. The predicted molar refractivity (Wildman–Crippen MR) is 53.0 cm³/mol. The Bertz CT molecular complexity index is 300. The van der Waals surface area contributed by atoms with Crippen LogP contribution in [0.3, 0.4) is 0 Å². The van der Waals surface area contributed by atoms with Crippen molar-refractivity contribution in [1.82, 2.24) is 14.8 Å². The first-order chi connectivity index (χ1) is 6.13. The van der Waals surface area contributed by atoms with Gasteiger partial charge in [0.05, 0.1) is 6.20 Å². The Kier molecular flexibility index (Phi) is 2.73. The maximum absolute atomic E-state index is 5.45. The van der Waals surface area contributed by atoms with Crippen molar-refractivity contribution < 1.29 is 0 Å². The third-order valence-electron chi connectivity index (χ3n) is 1.46. The van der Waals surface area contributed by atoms with E-state index >= 15 is 0 Å². The average molecular weight is 182 g/mol. The quantitative estimate of drug-likeness (QED) is 0.456. The molecule has 0 spiro atoms. The molecule has 0 saturated carbocycles. The smallest absolute Gasteiger partial charge is 0.213 e. The molecule has 0 saturated heterocycles. The molecule has 0 aliphatic carbocycles. The number of hydrogen-bond donors (Lipinski definition) is 2. The number of anilines is 1. The van der Waals surface area contributed by atoms with Crippen molar-refractivity contribution in [3.8, 4) is 0 Å². The number of hydrogen-bond acceptors (Lipinski definition) is 3. The van der Waals surface area contributed by atoms with E-state index in [9.17, 15) is 0 Å². The Hall–Kier alpha value is -1.72. The molecule has 0 amide bonds. The average Bonchev–Trinajstić information content (AvgIpc) is 2.46. The summed E-state index contributed by atoms with van der Waals surface area (Å²) < 4.78 is 0. The second kappa shape index (κ2) is 3.79. The molecule has 0 unspecified atom stereocenters. The summed E-state index contributed by atoms with van der Waals surface area (Å²) in [5, 5.41) is 3.96. The molecule has 13 heavy (non-hydrogen) atoms. The normalized spacial score (nSPS) is 11.5. The lowest BCUT2D eigenvalue weighted by Crippen LogP contribution is -2.35. The summed E-state index contributed by atoms with van der Waals surface area (Å²) in [6.07, 6.45) is 1.73. The highest BCUT2D eigenvalue weighted by Gasteiger charge is 2.00. The minimum absolute atomic E-state index is 0.474. The Labute approximate surface area is 77.0 Å². The number of nitrogens with two attached hydrogens (primary N) is 1. The van der Waals surface area contributed by atoms with Crippen LogP contribution in [0, 0.1) is 0 Å². The maximum atomic E-state index is 5.45. The van der Waals surface area contributed by atoms with E-state index < -0.39 is 0 Å². The van der Waals surface area contributed by atoms with Crippen LogP contribution in [0.25, 0.3) is 0 Å². The summed E-state index contributed by atoms with van der Waals surface area (Å²) in [4.78, 5) is 7.38. The van der Waals surface area contributed by atoms with Gasteiger partial charge in [-0.25, -0.2) is 5.43 Å². The van der Waals surface area contributed by atoms with Gasteiger partial charge in [0, 0.05) is 27.2 Å². The molecule has 0 fully saturated rings. The Balaban J connectivity index is 2.68. The molecule has 0 radical (unpaired) electrons. The molecule has 72 valence electrons. The van der Waals surface area contributed by atoms with Crippen molar-refractivity contribution in [3.63, 3.8) is 0 Å². The molecular formula is C7H14N6. The molecule has 1 aromatic heterocycles. The number of nitrogens with one attached hydrogen (secondary N) is 1. The fourth-order valence-corrected chi connectivity index (χ4v) is 0.853. The largest absolute Gasteiger partial charge is 0.382 e. The Morgan fingerprint density at radius 1 is 1.69 bits per heavy atom. The number of nitrogen functional groups attached to an aromatic ring is 1. The topological polar surface area (TPSA) is 71.5 Å². The maximum Gasteiger partial charge on any atom is 0.213 e. The zero-order valence-electron chi connectivity index (χ0n) is 8.02. The van der Waals surface area contributed by atoms with E-state index in [2.05, 4.69) is 15.5 Å². The summed E-state index contributed by atoms with van der Waals surface area (Å²) in [6, 6.07) is 1.70. The van der Waals surface area contributed by atoms with Crippen molar-refractivity contribution in [2.45, 2.75) is 0 Å². The van der Waals surface area contributed by atoms with Gasteiger partial charge in [-0.15, -0.1) is 5.10 Å². The fourth-order valence-electron chi connectivity index (χ4n) is 0.853. The van der Waals surface area contributed by atoms with Gasteiger partial charge < -0.3 is 10.6 Å². The van der Waals surface area contributed by atoms with Gasteiger partial charge in [-0.05, 0) is 0 Å². The SMILES string of the molecule is CN=C(Nn1ccc(N)n1)N(C)C. The van der Waals surface area contributed by atoms with Crippen LogP contribution >= 0.6 is 0 Å². The van der Waals surface area contributed by atoms with E-state index in [-0.39, 0.29) is 0 Å². The van der Waals surface area contributed by atoms with Gasteiger partial charge in [0.25, 0.3) is 0 Å². The minimum Gasteiger partial charge on any atom is -0.382 e. The first-order valence-corrected chi connectivity index (χ1v) is 3.85. The second-order valence-electron chi connectivity index (χ2n) is 2.74. The highest BCUT2D eigenvalue weighted by atomic mass is 15.6. The minimum atomic E-state index is 0.474. The number of aliphatic imine (C=N–C) groups is 1. The Morgan fingerprint density at radius 2 is 2.38 bits per heavy atom. The summed E-state index contributed by atoms with van der Waals surface area (Å²) in [5.74, 6) is 1.19. The highest BCUT2D eigenvalue weighted by molar-refractivity contribution is 5.86. The van der Waals surface area contributed by atoms with Gasteiger partial charge in [-0.2, -0.15) is 4.79 Å². The van der Waals surface area contributed by atoms with Crippen LogP contribution in [0.1, 0.15) is 0 Å². The van der Waals surface area contributed by atoms with Crippen molar-refractivity contribution in [2.24, 2.45) is 4.99 Å². The summed E-state index contributed by atoms with van der Waals surface area (Å²) in [7, 11) is 5.49. The summed E-state index contributed by atoms with van der Waals surface area (Å²) in [5.41, 5.74) is 8.40. The molecule has 0 atom stereocenters. The zero-order chi connectivity index (χ0) is 9.84. The first kappa shape index (κ1) is 9.37. The molecule has 1 heterocycles. The summed E-state index contributed by atoms with van der Waals surface area (Å²) in [6.45, 7) is 0. The van der Waals surface area contributed by atoms with Crippen LogP contribution in [0.5, 0.6) is 0 Å². The molecular weight excluding hydrogens is 168 g/mol. The van der Waals surface area contributed by atoms with E-state index in [1.165, 1.54) is 4.79 Å². The molecule has 6 nitrogen and oxygen atoms in total. The summed E-state index contributed by atoms with van der Waals surface area (Å²) >= 11 is 0. The van der Waals surface area contributed by atoms with E-state index in [1.807, 2.05) is 19.0 Å². The molecule has 6 heteroatoms. The monoisotopic (exact) mass is 182 g/mol. The first-order valence-electron chi connectivity index (χ1n) is 3.85. The van der Waals surface area contributed by atoms with Crippen LogP contribution in [-0.4, -0.2) is 41.9 Å². The lowest BCUT2D eigenvalue weighted by Gasteiger charge is -2.16. The van der Waals surface area contributed by atoms with E-state index in [4.69, 9.17) is 5.73 Å². The van der Waals surface area contributed by atoms with Gasteiger partial charge in [-0.3, -0.25) is 4.99 Å². The van der Waals surface area contributed by atoms with Crippen molar-refractivity contribution in [1.29, 1.82) is 0 Å². The van der Waals surface area contributed by atoms with Gasteiger partial charge in [-0.1, -0.05) is 0 Å². The highest BCUT2D eigenvalue weighted by Crippen LogP contribution is 1.93. The van der Waals surface area contributed by atoms with Gasteiger partial charge >= 0.3 is 0 Å². The van der Waals surface area contributed by atoms with Gasteiger partial charge in [0.2, 0.25) is 5.96 Å². The molecule has 0 aliphatic rings. The van der Waals surface area contributed by atoms with E-state index in [0.717, 1.165) is 0 Å². The van der Waals surface area contributed by atoms with Crippen LogP contribution in [-0.2, 0) is 0 Å². The van der Waals surface area contributed by atoms with Crippen LogP contribution in [0.2, 0.25) is 0 Å². The lowest BCUT2D eigenvalue weighted by molar-refractivity contribution is 0.602. The molecule has 1 rings (SSSR count). The van der Waals surface area contributed by atoms with Crippen LogP contribution in [0.15, 0.2) is 17.3 Å². The van der Waals surface area contributed by atoms with Crippen molar-refractivity contribution >= 4 is 11.8 Å². The second-order valence-corrected chi connectivity index (χ2v) is 2.74. The van der Waals surface area contributed by atoms with Crippen LogP contribution < -0.4 is 11.2 Å². The zero-order valence-corrected chi connectivity index (χ0v) is 8.02. The third-order valence-corrected chi connectivity index (χ3v) is 1.46. The standard InChI is InChI=1S/C7H14N6/c1-9-7(12(2)3)11-13-5-4-6(8)10-13/h4-5H,1-3H3,(H2,8,10)(H,9,11). The fraction of sp³-hybridized carbons (Fsp3) is 0.429. The molecule has 0 aliphatic heterocycles. The molecule has 1 aromatic rings. The number of nitrogens with zero attached hydrogens (tertiary/aromatic N) is 4. The third kappa shape index (κ3) is 2.36. The van der Waals surface area contributed by atoms with Crippen molar-refractivity contribution in [3.05, 3.63) is 12.3 Å². The lowest BCUT2D eigenvalue weighted by atomic mass is 10.7. The van der Waals surface area contributed by atoms with Gasteiger partial charge in [0.15, 0.2) is 0 Å².